The summed E-state index contributed by atoms with van der Waals surface area (Å²) < 4.78 is 28.3. The lowest BCUT2D eigenvalue weighted by Gasteiger charge is -2.22. The van der Waals surface area contributed by atoms with E-state index in [-0.39, 0.29) is 17.5 Å². The highest BCUT2D eigenvalue weighted by Crippen LogP contribution is 2.18. The summed E-state index contributed by atoms with van der Waals surface area (Å²) in [7, 11) is -1.91. The lowest BCUT2D eigenvalue weighted by Crippen LogP contribution is -2.39. The molecule has 1 aliphatic rings. The fraction of sp³-hybridized carbons (Fsp3) is 0.412. The van der Waals surface area contributed by atoms with E-state index in [4.69, 9.17) is 0 Å². The van der Waals surface area contributed by atoms with Crippen molar-refractivity contribution in [1.29, 1.82) is 0 Å². The second kappa shape index (κ2) is 7.46. The van der Waals surface area contributed by atoms with Gasteiger partial charge in [0, 0.05) is 45.1 Å². The van der Waals surface area contributed by atoms with E-state index in [1.165, 1.54) is 21.4 Å². The SMILES string of the molecule is Cc1ccccc1NC(=O)N1CCCN(S(=O)(=O)c2cnn(C)c2)CC1. The van der Waals surface area contributed by atoms with Gasteiger partial charge in [0.15, 0.2) is 0 Å². The summed E-state index contributed by atoms with van der Waals surface area (Å²) >= 11 is 0. The van der Waals surface area contributed by atoms with Gasteiger partial charge in [-0.25, -0.2) is 13.2 Å². The minimum absolute atomic E-state index is 0.179. The van der Waals surface area contributed by atoms with Crippen molar-refractivity contribution < 1.29 is 13.2 Å². The maximum atomic E-state index is 12.7. The van der Waals surface area contributed by atoms with Crippen LogP contribution in [0, 0.1) is 6.92 Å². The van der Waals surface area contributed by atoms with Gasteiger partial charge >= 0.3 is 6.03 Å². The Morgan fingerprint density at radius 2 is 1.92 bits per heavy atom. The number of carbonyl (C=O) groups is 1. The molecule has 2 aromatic rings. The van der Waals surface area contributed by atoms with E-state index in [2.05, 4.69) is 10.4 Å². The predicted octanol–water partition coefficient (Wildman–Crippen LogP) is 1.66. The average Bonchev–Trinajstić information content (AvgIpc) is 2.90. The van der Waals surface area contributed by atoms with Crippen LogP contribution in [0.3, 0.4) is 0 Å². The molecule has 9 heteroatoms. The van der Waals surface area contributed by atoms with Crippen LogP contribution in [0.1, 0.15) is 12.0 Å². The first-order valence-corrected chi connectivity index (χ1v) is 9.92. The molecule has 0 bridgehead atoms. The molecule has 3 rings (SSSR count). The van der Waals surface area contributed by atoms with Crippen molar-refractivity contribution in [1.82, 2.24) is 19.0 Å². The number of para-hydroxylation sites is 1. The maximum Gasteiger partial charge on any atom is 0.321 e. The van der Waals surface area contributed by atoms with E-state index in [0.29, 0.717) is 26.1 Å². The van der Waals surface area contributed by atoms with Gasteiger partial charge in [0.25, 0.3) is 0 Å². The van der Waals surface area contributed by atoms with Crippen LogP contribution in [0.4, 0.5) is 10.5 Å². The van der Waals surface area contributed by atoms with Crippen LogP contribution < -0.4 is 5.32 Å². The quantitative estimate of drug-likeness (QED) is 0.881. The van der Waals surface area contributed by atoms with E-state index in [1.54, 1.807) is 11.9 Å². The molecular weight excluding hydrogens is 354 g/mol. The molecular formula is C17H23N5O3S. The van der Waals surface area contributed by atoms with Crippen molar-refractivity contribution in [2.75, 3.05) is 31.5 Å². The summed E-state index contributed by atoms with van der Waals surface area (Å²) in [5, 5.41) is 6.84. The molecule has 2 amide bonds. The van der Waals surface area contributed by atoms with Gasteiger partial charge < -0.3 is 10.2 Å². The van der Waals surface area contributed by atoms with Crippen LogP contribution in [-0.2, 0) is 17.1 Å². The summed E-state index contributed by atoms with van der Waals surface area (Å²) in [4.78, 5) is 14.4. The summed E-state index contributed by atoms with van der Waals surface area (Å²) in [6, 6.07) is 7.36. The zero-order valence-electron chi connectivity index (χ0n) is 14.9. The van der Waals surface area contributed by atoms with Gasteiger partial charge in [-0.2, -0.15) is 9.40 Å². The molecule has 1 aliphatic heterocycles. The molecule has 140 valence electrons. The van der Waals surface area contributed by atoms with Crippen molar-refractivity contribution in [3.05, 3.63) is 42.2 Å². The van der Waals surface area contributed by atoms with Gasteiger partial charge in [-0.15, -0.1) is 0 Å². The Balaban J connectivity index is 1.66. The topological polar surface area (TPSA) is 87.5 Å². The number of hydrogen-bond acceptors (Lipinski definition) is 4. The number of hydrogen-bond donors (Lipinski definition) is 1. The minimum Gasteiger partial charge on any atom is -0.323 e. The van der Waals surface area contributed by atoms with Crippen molar-refractivity contribution in [2.45, 2.75) is 18.2 Å². The standard InChI is InChI=1S/C17H23N5O3S/c1-14-6-3-4-7-16(14)19-17(23)21-8-5-9-22(11-10-21)26(24,25)15-12-18-20(2)13-15/h3-4,6-7,12-13H,5,8-11H2,1-2H3,(H,19,23). The van der Waals surface area contributed by atoms with Gasteiger partial charge in [0.2, 0.25) is 10.0 Å². The number of aryl methyl sites for hydroxylation is 2. The first-order chi connectivity index (χ1) is 12.4. The zero-order chi connectivity index (χ0) is 18.7. The molecule has 0 saturated carbocycles. The number of carbonyl (C=O) groups excluding carboxylic acids is 1. The van der Waals surface area contributed by atoms with Crippen molar-refractivity contribution in [3.63, 3.8) is 0 Å². The molecule has 1 fully saturated rings. The highest BCUT2D eigenvalue weighted by atomic mass is 32.2. The molecule has 1 aromatic heterocycles. The smallest absolute Gasteiger partial charge is 0.321 e. The second-order valence-corrected chi connectivity index (χ2v) is 8.28. The molecule has 1 N–H and O–H groups in total. The van der Waals surface area contributed by atoms with Gasteiger partial charge in [-0.3, -0.25) is 4.68 Å². The van der Waals surface area contributed by atoms with Crippen LogP contribution in [-0.4, -0.2) is 59.6 Å². The normalized spacial score (nSPS) is 16.3. The van der Waals surface area contributed by atoms with Crippen LogP contribution in [0.5, 0.6) is 0 Å². The Bertz CT molecular complexity index is 893. The van der Waals surface area contributed by atoms with Gasteiger partial charge in [-0.05, 0) is 25.0 Å². The number of amides is 2. The lowest BCUT2D eigenvalue weighted by atomic mass is 10.2. The van der Waals surface area contributed by atoms with Crippen LogP contribution in [0.2, 0.25) is 0 Å². The summed E-state index contributed by atoms with van der Waals surface area (Å²) in [6.45, 7) is 3.43. The van der Waals surface area contributed by atoms with Gasteiger partial charge in [0.05, 0.1) is 6.20 Å². The van der Waals surface area contributed by atoms with E-state index in [9.17, 15) is 13.2 Å². The molecule has 0 spiro atoms. The number of rotatable bonds is 3. The molecule has 8 nitrogen and oxygen atoms in total. The van der Waals surface area contributed by atoms with E-state index in [1.807, 2.05) is 31.2 Å². The largest absolute Gasteiger partial charge is 0.323 e. The van der Waals surface area contributed by atoms with Crippen LogP contribution in [0.25, 0.3) is 0 Å². The number of nitrogens with zero attached hydrogens (tertiary/aromatic N) is 4. The van der Waals surface area contributed by atoms with E-state index >= 15 is 0 Å². The van der Waals surface area contributed by atoms with Crippen molar-refractivity contribution in [3.8, 4) is 0 Å². The Morgan fingerprint density at radius 1 is 1.15 bits per heavy atom. The van der Waals surface area contributed by atoms with Crippen molar-refractivity contribution >= 4 is 21.7 Å². The van der Waals surface area contributed by atoms with Gasteiger partial charge in [-0.1, -0.05) is 18.2 Å². The number of benzene rings is 1. The zero-order valence-corrected chi connectivity index (χ0v) is 15.7. The summed E-state index contributed by atoms with van der Waals surface area (Å²) in [5.74, 6) is 0. The number of aromatic nitrogens is 2. The van der Waals surface area contributed by atoms with Crippen molar-refractivity contribution in [2.24, 2.45) is 7.05 Å². The molecule has 26 heavy (non-hydrogen) atoms. The Morgan fingerprint density at radius 3 is 2.62 bits per heavy atom. The van der Waals surface area contributed by atoms with E-state index < -0.39 is 10.0 Å². The molecule has 0 radical (unpaired) electrons. The Kier molecular flexibility index (Phi) is 5.28. The fourth-order valence-corrected chi connectivity index (χ4v) is 4.38. The maximum absolute atomic E-state index is 12.7. The molecule has 0 unspecified atom stereocenters. The number of sulfonamides is 1. The number of nitrogens with one attached hydrogen (secondary N) is 1. The Hall–Kier alpha value is -2.39. The second-order valence-electron chi connectivity index (χ2n) is 6.34. The highest BCUT2D eigenvalue weighted by molar-refractivity contribution is 7.89. The molecule has 0 aliphatic carbocycles. The average molecular weight is 377 g/mol. The number of anilines is 1. The summed E-state index contributed by atoms with van der Waals surface area (Å²) in [6.07, 6.45) is 3.42. The molecule has 0 atom stereocenters. The Labute approximate surface area is 153 Å². The third kappa shape index (κ3) is 3.88. The first-order valence-electron chi connectivity index (χ1n) is 8.48. The summed E-state index contributed by atoms with van der Waals surface area (Å²) in [5.41, 5.74) is 1.75. The first kappa shape index (κ1) is 18.4. The third-order valence-electron chi connectivity index (χ3n) is 4.45. The fourth-order valence-electron chi connectivity index (χ4n) is 2.93. The van der Waals surface area contributed by atoms with Crippen LogP contribution >= 0.6 is 0 Å². The van der Waals surface area contributed by atoms with E-state index in [0.717, 1.165) is 11.3 Å². The minimum atomic E-state index is -3.59. The highest BCUT2D eigenvalue weighted by Gasteiger charge is 2.29. The predicted molar refractivity (Wildman–Crippen MR) is 98.4 cm³/mol. The lowest BCUT2D eigenvalue weighted by molar-refractivity contribution is 0.214. The monoisotopic (exact) mass is 377 g/mol. The van der Waals surface area contributed by atoms with Gasteiger partial charge in [0.1, 0.15) is 4.90 Å². The third-order valence-corrected chi connectivity index (χ3v) is 6.30. The molecule has 1 saturated heterocycles. The molecule has 2 heterocycles. The number of urea groups is 1. The van der Waals surface area contributed by atoms with Crippen LogP contribution in [0.15, 0.2) is 41.6 Å². The molecule has 1 aromatic carbocycles.